The van der Waals surface area contributed by atoms with Crippen LogP contribution >= 0.6 is 0 Å². The van der Waals surface area contributed by atoms with Crippen molar-refractivity contribution in [2.24, 2.45) is 5.92 Å². The van der Waals surface area contributed by atoms with Crippen LogP contribution in [0.4, 0.5) is 0 Å². The molecule has 2 saturated heterocycles. The lowest BCUT2D eigenvalue weighted by molar-refractivity contribution is -0.140. The van der Waals surface area contributed by atoms with E-state index < -0.39 is 0 Å². The van der Waals surface area contributed by atoms with Crippen LogP contribution in [0, 0.1) is 5.92 Å². The summed E-state index contributed by atoms with van der Waals surface area (Å²) in [6.45, 7) is 7.37. The minimum absolute atomic E-state index is 0.176. The number of carbonyl (C=O) groups excluding carboxylic acids is 1. The highest BCUT2D eigenvalue weighted by Gasteiger charge is 2.27. The van der Waals surface area contributed by atoms with E-state index in [0.29, 0.717) is 0 Å². The van der Waals surface area contributed by atoms with E-state index in [1.54, 1.807) is 0 Å². The molecule has 1 saturated carbocycles. The molecule has 1 N–H and O–H groups in total. The molecule has 3 fully saturated rings. The van der Waals surface area contributed by atoms with Crippen molar-refractivity contribution in [3.05, 3.63) is 0 Å². The van der Waals surface area contributed by atoms with E-state index in [2.05, 4.69) is 10.2 Å². The molecule has 114 valence electrons. The van der Waals surface area contributed by atoms with Crippen LogP contribution in [0.3, 0.4) is 0 Å². The van der Waals surface area contributed by atoms with E-state index in [9.17, 15) is 4.79 Å². The van der Waals surface area contributed by atoms with Crippen molar-refractivity contribution in [3.8, 4) is 0 Å². The molecule has 20 heavy (non-hydrogen) atoms. The zero-order valence-electron chi connectivity index (χ0n) is 12.4. The first-order chi connectivity index (χ1) is 9.81. The van der Waals surface area contributed by atoms with Gasteiger partial charge in [0.25, 0.3) is 0 Å². The smallest absolute Gasteiger partial charge is 0.248 e. The highest BCUT2D eigenvalue weighted by atomic mass is 16.5. The molecule has 2 heterocycles. The molecule has 0 unspecified atom stereocenters. The van der Waals surface area contributed by atoms with Gasteiger partial charge in [0, 0.05) is 32.7 Å². The van der Waals surface area contributed by atoms with Gasteiger partial charge in [-0.05, 0) is 44.7 Å². The average Bonchev–Trinajstić information content (AvgIpc) is 3.31. The van der Waals surface area contributed by atoms with Crippen LogP contribution in [0.1, 0.15) is 25.7 Å². The fraction of sp³-hybridized carbons (Fsp3) is 0.933. The van der Waals surface area contributed by atoms with Crippen molar-refractivity contribution < 1.29 is 9.53 Å². The quantitative estimate of drug-likeness (QED) is 0.788. The predicted molar refractivity (Wildman–Crippen MR) is 77.6 cm³/mol. The van der Waals surface area contributed by atoms with Crippen molar-refractivity contribution in [2.75, 3.05) is 52.4 Å². The number of rotatable bonds is 5. The molecule has 3 aliphatic rings. The summed E-state index contributed by atoms with van der Waals surface area (Å²) in [5, 5.41) is 3.31. The van der Waals surface area contributed by atoms with Gasteiger partial charge >= 0.3 is 0 Å². The van der Waals surface area contributed by atoms with Gasteiger partial charge in [0.1, 0.15) is 6.61 Å². The summed E-state index contributed by atoms with van der Waals surface area (Å²) in [4.78, 5) is 16.6. The first kappa shape index (κ1) is 14.3. The molecule has 2 aliphatic heterocycles. The molecule has 0 aromatic carbocycles. The molecule has 5 heteroatoms. The highest BCUT2D eigenvalue weighted by molar-refractivity contribution is 5.77. The molecule has 0 bridgehead atoms. The maximum absolute atomic E-state index is 12.1. The Morgan fingerprint density at radius 2 is 1.75 bits per heavy atom. The van der Waals surface area contributed by atoms with Gasteiger partial charge in [-0.3, -0.25) is 9.69 Å². The van der Waals surface area contributed by atoms with Gasteiger partial charge in [0.2, 0.25) is 5.91 Å². The average molecular weight is 281 g/mol. The van der Waals surface area contributed by atoms with E-state index >= 15 is 0 Å². The number of piperazine rings is 1. The SMILES string of the molecule is O=C(COC1CCNCC1)N1CCN(CC2CC2)CC1. The summed E-state index contributed by atoms with van der Waals surface area (Å²) in [7, 11) is 0. The number of carbonyl (C=O) groups is 1. The number of ether oxygens (including phenoxy) is 1. The van der Waals surface area contributed by atoms with E-state index in [-0.39, 0.29) is 18.6 Å². The summed E-state index contributed by atoms with van der Waals surface area (Å²) < 4.78 is 5.75. The largest absolute Gasteiger partial charge is 0.368 e. The minimum atomic E-state index is 0.176. The zero-order valence-corrected chi connectivity index (χ0v) is 12.4. The van der Waals surface area contributed by atoms with E-state index in [1.165, 1.54) is 19.4 Å². The van der Waals surface area contributed by atoms with Crippen LogP contribution in [0.2, 0.25) is 0 Å². The van der Waals surface area contributed by atoms with Crippen molar-refractivity contribution in [3.63, 3.8) is 0 Å². The monoisotopic (exact) mass is 281 g/mol. The lowest BCUT2D eigenvalue weighted by Gasteiger charge is -2.35. The van der Waals surface area contributed by atoms with Gasteiger partial charge < -0.3 is 15.0 Å². The van der Waals surface area contributed by atoms with Crippen molar-refractivity contribution in [1.82, 2.24) is 15.1 Å². The zero-order chi connectivity index (χ0) is 13.8. The first-order valence-corrected chi connectivity index (χ1v) is 8.14. The maximum atomic E-state index is 12.1. The van der Waals surface area contributed by atoms with Crippen LogP contribution in [0.15, 0.2) is 0 Å². The summed E-state index contributed by atoms with van der Waals surface area (Å²) in [5.41, 5.74) is 0. The van der Waals surface area contributed by atoms with Crippen LogP contribution in [0.5, 0.6) is 0 Å². The minimum Gasteiger partial charge on any atom is -0.368 e. The topological polar surface area (TPSA) is 44.8 Å². The van der Waals surface area contributed by atoms with Crippen LogP contribution < -0.4 is 5.32 Å². The Hall–Kier alpha value is -0.650. The Bertz CT molecular complexity index is 319. The van der Waals surface area contributed by atoms with Crippen molar-refractivity contribution >= 4 is 5.91 Å². The second-order valence-corrected chi connectivity index (χ2v) is 6.39. The third-order valence-electron chi connectivity index (χ3n) is 4.67. The van der Waals surface area contributed by atoms with Gasteiger partial charge in [-0.1, -0.05) is 0 Å². The van der Waals surface area contributed by atoms with Gasteiger partial charge in [0.15, 0.2) is 0 Å². The number of hydrogen-bond donors (Lipinski definition) is 1. The second-order valence-electron chi connectivity index (χ2n) is 6.39. The fourth-order valence-corrected chi connectivity index (χ4v) is 3.09. The summed E-state index contributed by atoms with van der Waals surface area (Å²) in [6, 6.07) is 0. The third-order valence-corrected chi connectivity index (χ3v) is 4.67. The first-order valence-electron chi connectivity index (χ1n) is 8.14. The molecular formula is C15H27N3O2. The lowest BCUT2D eigenvalue weighted by Crippen LogP contribution is -2.50. The summed E-state index contributed by atoms with van der Waals surface area (Å²) in [6.07, 6.45) is 5.15. The third kappa shape index (κ3) is 4.17. The van der Waals surface area contributed by atoms with E-state index in [0.717, 1.165) is 58.0 Å². The molecule has 0 aromatic rings. The van der Waals surface area contributed by atoms with E-state index in [4.69, 9.17) is 4.74 Å². The van der Waals surface area contributed by atoms with Gasteiger partial charge in [-0.15, -0.1) is 0 Å². The summed E-state index contributed by atoms with van der Waals surface area (Å²) >= 11 is 0. The predicted octanol–water partition coefficient (Wildman–Crippen LogP) is 0.309. The molecule has 1 aliphatic carbocycles. The fourth-order valence-electron chi connectivity index (χ4n) is 3.09. The maximum Gasteiger partial charge on any atom is 0.248 e. The van der Waals surface area contributed by atoms with Gasteiger partial charge in [-0.25, -0.2) is 0 Å². The number of nitrogens with one attached hydrogen (secondary N) is 1. The number of amides is 1. The Balaban J connectivity index is 1.33. The Labute approximate surface area is 121 Å². The molecule has 0 radical (unpaired) electrons. The molecule has 0 atom stereocenters. The summed E-state index contributed by atoms with van der Waals surface area (Å²) in [5.74, 6) is 1.12. The number of piperidine rings is 1. The Kier molecular flexibility index (Phi) is 4.91. The van der Waals surface area contributed by atoms with Crippen molar-refractivity contribution in [1.29, 1.82) is 0 Å². The standard InChI is InChI=1S/C15H27N3O2/c19-15(12-20-14-3-5-16-6-4-14)18-9-7-17(8-10-18)11-13-1-2-13/h13-14,16H,1-12H2. The van der Waals surface area contributed by atoms with Crippen LogP contribution in [-0.2, 0) is 9.53 Å². The molecule has 5 nitrogen and oxygen atoms in total. The molecular weight excluding hydrogens is 254 g/mol. The second kappa shape index (κ2) is 6.87. The Morgan fingerprint density at radius 3 is 2.40 bits per heavy atom. The van der Waals surface area contributed by atoms with Gasteiger partial charge in [-0.2, -0.15) is 0 Å². The van der Waals surface area contributed by atoms with Crippen molar-refractivity contribution in [2.45, 2.75) is 31.8 Å². The van der Waals surface area contributed by atoms with Crippen LogP contribution in [-0.4, -0.2) is 74.2 Å². The Morgan fingerprint density at radius 1 is 1.05 bits per heavy atom. The lowest BCUT2D eigenvalue weighted by atomic mass is 10.1. The molecule has 0 aromatic heterocycles. The molecule has 1 amide bonds. The van der Waals surface area contributed by atoms with E-state index in [1.807, 2.05) is 4.90 Å². The number of hydrogen-bond acceptors (Lipinski definition) is 4. The van der Waals surface area contributed by atoms with Crippen LogP contribution in [0.25, 0.3) is 0 Å². The highest BCUT2D eigenvalue weighted by Crippen LogP contribution is 2.29. The molecule has 0 spiro atoms. The van der Waals surface area contributed by atoms with Gasteiger partial charge in [0.05, 0.1) is 6.10 Å². The number of nitrogens with zero attached hydrogens (tertiary/aromatic N) is 2. The molecule has 3 rings (SSSR count). The normalized spacial score (nSPS) is 25.9.